The largest absolute Gasteiger partial charge is 0.322 e. The molecule has 1 aromatic carbocycles. The summed E-state index contributed by atoms with van der Waals surface area (Å²) in [7, 11) is -3.07. The maximum absolute atomic E-state index is 13.6. The normalized spacial score (nSPS) is 20.3. The van der Waals surface area contributed by atoms with Crippen molar-refractivity contribution in [1.82, 2.24) is 14.8 Å². The van der Waals surface area contributed by atoms with Gasteiger partial charge in [-0.1, -0.05) is 39.0 Å². The fraction of sp³-hybridized carbons (Fsp3) is 0.480. The van der Waals surface area contributed by atoms with Gasteiger partial charge in [-0.3, -0.25) is 4.79 Å². The summed E-state index contributed by atoms with van der Waals surface area (Å²) < 4.78 is 26.0. The number of sulfone groups is 1. The zero-order valence-corrected chi connectivity index (χ0v) is 20.4. The van der Waals surface area contributed by atoms with E-state index >= 15 is 0 Å². The summed E-state index contributed by atoms with van der Waals surface area (Å²) in [6.07, 6.45) is 2.63. The summed E-state index contributed by atoms with van der Waals surface area (Å²) in [4.78, 5) is 18.5. The minimum atomic E-state index is -3.07. The van der Waals surface area contributed by atoms with E-state index in [0.717, 1.165) is 29.8 Å². The number of nitrogens with one attached hydrogen (secondary N) is 1. The molecule has 3 aromatic rings. The number of carbonyl (C=O) groups excluding carboxylic acids is 1. The number of hydrogen-bond donors (Lipinski definition) is 1. The van der Waals surface area contributed by atoms with Crippen molar-refractivity contribution in [2.24, 2.45) is 0 Å². The molecular weight excluding hydrogens is 436 g/mol. The van der Waals surface area contributed by atoms with Crippen molar-refractivity contribution in [3.05, 3.63) is 52.8 Å². The molecule has 3 heterocycles. The van der Waals surface area contributed by atoms with E-state index in [1.54, 1.807) is 4.68 Å². The Labute approximate surface area is 194 Å². The number of rotatable bonds is 4. The second-order valence-electron chi connectivity index (χ2n) is 10.4. The number of aryl methyl sites for hydroxylation is 1. The van der Waals surface area contributed by atoms with Crippen molar-refractivity contribution >= 4 is 32.5 Å². The molecule has 1 N–H and O–H groups in total. The van der Waals surface area contributed by atoms with Gasteiger partial charge in [0.25, 0.3) is 5.91 Å². The van der Waals surface area contributed by atoms with E-state index in [9.17, 15) is 13.2 Å². The molecule has 1 atom stereocenters. The molecule has 2 aliphatic rings. The molecule has 2 aromatic heterocycles. The molecule has 1 amide bonds. The van der Waals surface area contributed by atoms with Crippen LogP contribution < -0.4 is 5.32 Å². The summed E-state index contributed by atoms with van der Waals surface area (Å²) in [6.45, 7) is 8.23. The van der Waals surface area contributed by atoms with Crippen LogP contribution in [-0.4, -0.2) is 40.6 Å². The average Bonchev–Trinajstić information content (AvgIpc) is 3.46. The van der Waals surface area contributed by atoms with Gasteiger partial charge in [0, 0.05) is 17.3 Å². The third-order valence-corrected chi connectivity index (χ3v) is 8.38. The van der Waals surface area contributed by atoms with Crippen LogP contribution >= 0.6 is 0 Å². The summed E-state index contributed by atoms with van der Waals surface area (Å²) >= 11 is 0. The van der Waals surface area contributed by atoms with Gasteiger partial charge in [-0.25, -0.2) is 18.1 Å². The highest BCUT2D eigenvalue weighted by Gasteiger charge is 2.34. The van der Waals surface area contributed by atoms with E-state index in [2.05, 4.69) is 31.2 Å². The molecule has 33 heavy (non-hydrogen) atoms. The van der Waals surface area contributed by atoms with Crippen LogP contribution in [-0.2, 0) is 15.3 Å². The van der Waals surface area contributed by atoms with Crippen LogP contribution in [0.4, 0.5) is 5.69 Å². The second kappa shape index (κ2) is 7.65. The smallest absolute Gasteiger partial charge is 0.256 e. The molecule has 1 aliphatic carbocycles. The lowest BCUT2D eigenvalue weighted by Crippen LogP contribution is -2.19. The first kappa shape index (κ1) is 22.1. The number of hydrogen-bond acceptors (Lipinski definition) is 5. The van der Waals surface area contributed by atoms with Crippen LogP contribution in [0.1, 0.15) is 79.3 Å². The average molecular weight is 467 g/mol. The molecule has 0 unspecified atom stereocenters. The quantitative estimate of drug-likeness (QED) is 0.610. The molecule has 0 spiro atoms. The van der Waals surface area contributed by atoms with Crippen LogP contribution in [0, 0.1) is 6.92 Å². The number of para-hydroxylation sites is 1. The fourth-order valence-corrected chi connectivity index (χ4v) is 6.45. The van der Waals surface area contributed by atoms with Gasteiger partial charge in [0.15, 0.2) is 15.5 Å². The van der Waals surface area contributed by atoms with Crippen molar-refractivity contribution in [1.29, 1.82) is 0 Å². The van der Waals surface area contributed by atoms with E-state index in [1.165, 1.54) is 0 Å². The van der Waals surface area contributed by atoms with E-state index in [4.69, 9.17) is 4.98 Å². The third kappa shape index (κ3) is 4.16. The van der Waals surface area contributed by atoms with Gasteiger partial charge in [-0.05, 0) is 49.3 Å². The maximum atomic E-state index is 13.6. The van der Waals surface area contributed by atoms with Crippen molar-refractivity contribution in [3.63, 3.8) is 0 Å². The van der Waals surface area contributed by atoms with Crippen molar-refractivity contribution in [2.75, 3.05) is 16.8 Å². The molecule has 8 heteroatoms. The Morgan fingerprint density at radius 2 is 1.88 bits per heavy atom. The van der Waals surface area contributed by atoms with E-state index in [0.29, 0.717) is 34.6 Å². The molecular formula is C25H30N4O3S. The molecule has 174 valence electrons. The van der Waals surface area contributed by atoms with Gasteiger partial charge < -0.3 is 5.32 Å². The van der Waals surface area contributed by atoms with E-state index in [1.807, 2.05) is 37.3 Å². The topological polar surface area (TPSA) is 93.9 Å². The van der Waals surface area contributed by atoms with Gasteiger partial charge >= 0.3 is 0 Å². The zero-order chi connectivity index (χ0) is 23.5. The van der Waals surface area contributed by atoms with E-state index in [-0.39, 0.29) is 28.9 Å². The molecule has 1 aliphatic heterocycles. The predicted molar refractivity (Wildman–Crippen MR) is 130 cm³/mol. The number of carbonyl (C=O) groups is 1. The third-order valence-electron chi connectivity index (χ3n) is 6.63. The number of amides is 1. The summed E-state index contributed by atoms with van der Waals surface area (Å²) in [5, 5.41) is 8.51. The van der Waals surface area contributed by atoms with Gasteiger partial charge in [0.05, 0.1) is 34.2 Å². The Hall–Kier alpha value is -2.74. The first-order valence-electron chi connectivity index (χ1n) is 11.5. The SMILES string of the molecule is Cc1nn([C@H]2CCS(=O)(=O)C2)c2nc(C3CC3)cc(C(=O)Nc3ccccc3C(C)(C)C)c12. The first-order valence-corrected chi connectivity index (χ1v) is 13.4. The van der Waals surface area contributed by atoms with Crippen molar-refractivity contribution < 1.29 is 13.2 Å². The van der Waals surface area contributed by atoms with Crippen LogP contribution in [0.25, 0.3) is 11.0 Å². The molecule has 2 fully saturated rings. The number of nitrogens with zero attached hydrogens (tertiary/aromatic N) is 3. The second-order valence-corrected chi connectivity index (χ2v) is 12.6. The Morgan fingerprint density at radius 1 is 1.15 bits per heavy atom. The molecule has 0 bridgehead atoms. The number of pyridine rings is 1. The first-order chi connectivity index (χ1) is 15.5. The van der Waals surface area contributed by atoms with Crippen LogP contribution in [0.2, 0.25) is 0 Å². The molecule has 1 saturated carbocycles. The monoisotopic (exact) mass is 466 g/mol. The molecule has 5 rings (SSSR count). The fourth-order valence-electron chi connectivity index (χ4n) is 4.76. The lowest BCUT2D eigenvalue weighted by Gasteiger charge is -2.23. The molecule has 7 nitrogen and oxygen atoms in total. The Balaban J connectivity index is 1.61. The van der Waals surface area contributed by atoms with Crippen LogP contribution in [0.15, 0.2) is 30.3 Å². The predicted octanol–water partition coefficient (Wildman–Crippen LogP) is 4.53. The van der Waals surface area contributed by atoms with Gasteiger partial charge in [-0.2, -0.15) is 5.10 Å². The minimum absolute atomic E-state index is 0.0685. The standard InChI is InChI=1S/C25H30N4O3S/c1-15-22-18(24(30)27-20-8-6-5-7-19(20)25(2,3)4)13-21(16-9-10-16)26-23(22)29(28-15)17-11-12-33(31,32)14-17/h5-8,13,16-17H,9-12,14H2,1-4H3,(H,27,30)/t17-/m0/s1. The number of anilines is 1. The number of fused-ring (bicyclic) bond motifs is 1. The van der Waals surface area contributed by atoms with E-state index < -0.39 is 9.84 Å². The highest BCUT2D eigenvalue weighted by Crippen LogP contribution is 2.41. The lowest BCUT2D eigenvalue weighted by molar-refractivity contribution is 0.102. The molecule has 1 saturated heterocycles. The summed E-state index contributed by atoms with van der Waals surface area (Å²) in [5.41, 5.74) is 4.49. The number of aromatic nitrogens is 3. The van der Waals surface area contributed by atoms with Gasteiger partial charge in [0.1, 0.15) is 0 Å². The number of benzene rings is 1. The Morgan fingerprint density at radius 3 is 2.52 bits per heavy atom. The highest BCUT2D eigenvalue weighted by molar-refractivity contribution is 7.91. The van der Waals surface area contributed by atoms with Crippen molar-refractivity contribution in [2.45, 2.75) is 64.3 Å². The zero-order valence-electron chi connectivity index (χ0n) is 19.6. The highest BCUT2D eigenvalue weighted by atomic mass is 32.2. The van der Waals surface area contributed by atoms with Crippen LogP contribution in [0.5, 0.6) is 0 Å². The van der Waals surface area contributed by atoms with Crippen LogP contribution in [0.3, 0.4) is 0 Å². The lowest BCUT2D eigenvalue weighted by atomic mass is 9.86. The Bertz CT molecular complexity index is 1360. The van der Waals surface area contributed by atoms with Gasteiger partial charge in [0.2, 0.25) is 0 Å². The Kier molecular flexibility index (Phi) is 5.12. The van der Waals surface area contributed by atoms with Crippen molar-refractivity contribution in [3.8, 4) is 0 Å². The van der Waals surface area contributed by atoms with Gasteiger partial charge in [-0.15, -0.1) is 0 Å². The minimum Gasteiger partial charge on any atom is -0.322 e. The maximum Gasteiger partial charge on any atom is 0.256 e. The summed E-state index contributed by atoms with van der Waals surface area (Å²) in [5.74, 6) is 0.387. The summed E-state index contributed by atoms with van der Waals surface area (Å²) in [6, 6.07) is 9.53. The molecule has 0 radical (unpaired) electrons.